The Morgan fingerprint density at radius 1 is 1.38 bits per heavy atom. The Kier molecular flexibility index (Phi) is 5.23. The minimum atomic E-state index is -0.607. The van der Waals surface area contributed by atoms with Gasteiger partial charge in [0.1, 0.15) is 5.60 Å². The van der Waals surface area contributed by atoms with Crippen molar-refractivity contribution in [2.45, 2.75) is 38.4 Å². The second-order valence-corrected chi connectivity index (χ2v) is 7.27. The van der Waals surface area contributed by atoms with E-state index in [1.165, 1.54) is 0 Å². The van der Waals surface area contributed by atoms with E-state index in [1.54, 1.807) is 0 Å². The number of carbonyl (C=O) groups is 1. The van der Waals surface area contributed by atoms with Gasteiger partial charge in [0.05, 0.1) is 6.10 Å². The van der Waals surface area contributed by atoms with E-state index in [9.17, 15) is 9.90 Å². The summed E-state index contributed by atoms with van der Waals surface area (Å²) >= 11 is 0. The Labute approximate surface area is 153 Å². The predicted molar refractivity (Wildman–Crippen MR) is 98.3 cm³/mol. The molecule has 1 amide bonds. The van der Waals surface area contributed by atoms with Gasteiger partial charge in [-0.2, -0.15) is 0 Å². The van der Waals surface area contributed by atoms with Crippen molar-refractivity contribution in [3.8, 4) is 11.5 Å². The van der Waals surface area contributed by atoms with Gasteiger partial charge < -0.3 is 24.5 Å². The normalized spacial score (nSPS) is 15.8. The monoisotopic (exact) mass is 358 g/mol. The highest BCUT2D eigenvalue weighted by Gasteiger charge is 2.32. The Morgan fingerprint density at radius 3 is 2.92 bits per heavy atom. The molecule has 1 unspecified atom stereocenters. The molecule has 0 spiro atoms. The number of aromatic nitrogens is 1. The van der Waals surface area contributed by atoms with Crippen LogP contribution in [0.2, 0.25) is 0 Å². The number of amides is 1. The number of ether oxygens (including phenoxy) is 2. The van der Waals surface area contributed by atoms with Crippen molar-refractivity contribution in [3.63, 3.8) is 0 Å². The van der Waals surface area contributed by atoms with Crippen molar-refractivity contribution in [1.82, 2.24) is 9.88 Å². The van der Waals surface area contributed by atoms with E-state index >= 15 is 0 Å². The van der Waals surface area contributed by atoms with Crippen molar-refractivity contribution < 1.29 is 19.4 Å². The van der Waals surface area contributed by atoms with E-state index in [4.69, 9.17) is 9.47 Å². The summed E-state index contributed by atoms with van der Waals surface area (Å²) < 4.78 is 13.4. The zero-order valence-corrected chi connectivity index (χ0v) is 15.5. The lowest BCUT2D eigenvalue weighted by Crippen LogP contribution is -2.30. The minimum Gasteiger partial charge on any atom is -0.483 e. The zero-order valence-electron chi connectivity index (χ0n) is 15.5. The fourth-order valence-corrected chi connectivity index (χ4v) is 3.21. The molecule has 1 aromatic heterocycles. The van der Waals surface area contributed by atoms with E-state index in [2.05, 4.69) is 5.32 Å². The molecule has 2 aromatic rings. The van der Waals surface area contributed by atoms with Crippen LogP contribution in [0.4, 0.5) is 0 Å². The lowest BCUT2D eigenvalue weighted by Gasteiger charge is -2.18. The summed E-state index contributed by atoms with van der Waals surface area (Å²) in [6, 6.07) is 9.49. The van der Waals surface area contributed by atoms with Crippen molar-refractivity contribution in [1.29, 1.82) is 0 Å². The quantitative estimate of drug-likeness (QED) is 0.797. The lowest BCUT2D eigenvalue weighted by atomic mass is 10.0. The third-order valence-corrected chi connectivity index (χ3v) is 4.48. The van der Waals surface area contributed by atoms with Crippen LogP contribution in [-0.4, -0.2) is 34.3 Å². The molecule has 2 heterocycles. The van der Waals surface area contributed by atoms with E-state index < -0.39 is 6.10 Å². The molecule has 1 aliphatic heterocycles. The number of para-hydroxylation sites is 1. The number of carbonyl (C=O) groups excluding carboxylic acids is 1. The molecule has 6 heteroatoms. The molecule has 0 bridgehead atoms. The van der Waals surface area contributed by atoms with Gasteiger partial charge in [0.2, 0.25) is 0 Å². The molecule has 0 radical (unpaired) electrons. The van der Waals surface area contributed by atoms with E-state index in [-0.39, 0.29) is 18.1 Å². The SMILES string of the molecule is Cn1cccc1C(O)CCNC(=O)COc1cccc2c1OC(C)(C)C2. The van der Waals surface area contributed by atoms with Crippen LogP contribution < -0.4 is 14.8 Å². The maximum Gasteiger partial charge on any atom is 0.257 e. The van der Waals surface area contributed by atoms with Crippen molar-refractivity contribution in [3.05, 3.63) is 47.8 Å². The average Bonchev–Trinajstić information content (AvgIpc) is 3.14. The molecular formula is C20H26N2O4. The number of aliphatic hydroxyl groups is 1. The summed E-state index contributed by atoms with van der Waals surface area (Å²) in [6.45, 7) is 4.36. The van der Waals surface area contributed by atoms with Gasteiger partial charge in [0.15, 0.2) is 18.1 Å². The summed E-state index contributed by atoms with van der Waals surface area (Å²) in [6.07, 6.45) is 2.54. The molecule has 3 rings (SSSR count). The maximum absolute atomic E-state index is 12.0. The number of aryl methyl sites for hydroxylation is 1. The summed E-state index contributed by atoms with van der Waals surface area (Å²) in [7, 11) is 1.88. The van der Waals surface area contributed by atoms with Crippen molar-refractivity contribution in [2.24, 2.45) is 7.05 Å². The van der Waals surface area contributed by atoms with Gasteiger partial charge in [0, 0.05) is 37.5 Å². The molecule has 1 atom stereocenters. The smallest absolute Gasteiger partial charge is 0.257 e. The summed E-state index contributed by atoms with van der Waals surface area (Å²) in [5.41, 5.74) is 1.67. The molecule has 140 valence electrons. The minimum absolute atomic E-state index is 0.0828. The van der Waals surface area contributed by atoms with Gasteiger partial charge in [-0.15, -0.1) is 0 Å². The second kappa shape index (κ2) is 7.41. The van der Waals surface area contributed by atoms with E-state index in [1.807, 2.05) is 62.0 Å². The largest absolute Gasteiger partial charge is 0.483 e. The van der Waals surface area contributed by atoms with Crippen LogP contribution in [0.15, 0.2) is 36.5 Å². The first-order valence-electron chi connectivity index (χ1n) is 8.85. The summed E-state index contributed by atoms with van der Waals surface area (Å²) in [4.78, 5) is 12.0. The number of aliphatic hydroxyl groups excluding tert-OH is 1. The topological polar surface area (TPSA) is 72.7 Å². The highest BCUT2D eigenvalue weighted by molar-refractivity contribution is 5.77. The Bertz CT molecular complexity index is 782. The number of rotatable bonds is 7. The van der Waals surface area contributed by atoms with Crippen LogP contribution in [0.1, 0.15) is 37.6 Å². The molecule has 6 nitrogen and oxygen atoms in total. The van der Waals surface area contributed by atoms with E-state index in [0.29, 0.717) is 18.7 Å². The number of hydrogen-bond donors (Lipinski definition) is 2. The number of nitrogens with one attached hydrogen (secondary N) is 1. The van der Waals surface area contributed by atoms with Gasteiger partial charge >= 0.3 is 0 Å². The Hall–Kier alpha value is -2.47. The fraction of sp³-hybridized carbons (Fsp3) is 0.450. The van der Waals surface area contributed by atoms with Crippen LogP contribution in [0.3, 0.4) is 0 Å². The van der Waals surface area contributed by atoms with Crippen LogP contribution in [0, 0.1) is 0 Å². The van der Waals surface area contributed by atoms with Crippen LogP contribution in [0.5, 0.6) is 11.5 Å². The third kappa shape index (κ3) is 4.19. The van der Waals surface area contributed by atoms with Crippen LogP contribution in [-0.2, 0) is 18.3 Å². The summed E-state index contributed by atoms with van der Waals surface area (Å²) in [5, 5.41) is 12.9. The predicted octanol–water partition coefficient (Wildman–Crippen LogP) is 2.36. The van der Waals surface area contributed by atoms with Gasteiger partial charge in [0.25, 0.3) is 5.91 Å². The molecule has 0 saturated heterocycles. The van der Waals surface area contributed by atoms with E-state index in [0.717, 1.165) is 23.4 Å². The summed E-state index contributed by atoms with van der Waals surface area (Å²) in [5.74, 6) is 1.09. The first-order valence-corrected chi connectivity index (χ1v) is 8.85. The molecule has 26 heavy (non-hydrogen) atoms. The highest BCUT2D eigenvalue weighted by Crippen LogP contribution is 2.41. The lowest BCUT2D eigenvalue weighted by molar-refractivity contribution is -0.123. The Morgan fingerprint density at radius 2 is 2.19 bits per heavy atom. The molecule has 2 N–H and O–H groups in total. The Balaban J connectivity index is 1.46. The highest BCUT2D eigenvalue weighted by atomic mass is 16.5. The first-order chi connectivity index (χ1) is 12.4. The fourth-order valence-electron chi connectivity index (χ4n) is 3.21. The second-order valence-electron chi connectivity index (χ2n) is 7.27. The van der Waals surface area contributed by atoms with Crippen molar-refractivity contribution >= 4 is 5.91 Å². The number of nitrogens with zero attached hydrogens (tertiary/aromatic N) is 1. The van der Waals surface area contributed by atoms with Gasteiger partial charge in [-0.05, 0) is 38.5 Å². The van der Waals surface area contributed by atoms with Gasteiger partial charge in [-0.25, -0.2) is 0 Å². The standard InChI is InChI=1S/C20H26N2O4/c1-20(2)12-14-6-4-8-17(19(14)26-20)25-13-18(24)21-10-9-16(23)15-7-5-11-22(15)3/h4-8,11,16,23H,9-10,12-13H2,1-3H3,(H,21,24). The molecule has 0 saturated carbocycles. The average molecular weight is 358 g/mol. The molecular weight excluding hydrogens is 332 g/mol. The van der Waals surface area contributed by atoms with Gasteiger partial charge in [-0.1, -0.05) is 12.1 Å². The molecule has 1 aromatic carbocycles. The zero-order chi connectivity index (χ0) is 18.7. The first kappa shape index (κ1) is 18.3. The number of fused-ring (bicyclic) bond motifs is 1. The van der Waals surface area contributed by atoms with Gasteiger partial charge in [-0.3, -0.25) is 4.79 Å². The molecule has 0 fully saturated rings. The van der Waals surface area contributed by atoms with Crippen molar-refractivity contribution in [2.75, 3.05) is 13.2 Å². The van der Waals surface area contributed by atoms with Crippen LogP contribution in [0.25, 0.3) is 0 Å². The maximum atomic E-state index is 12.0. The number of hydrogen-bond acceptors (Lipinski definition) is 4. The third-order valence-electron chi connectivity index (χ3n) is 4.48. The molecule has 1 aliphatic rings. The van der Waals surface area contributed by atoms with Crippen LogP contribution >= 0.6 is 0 Å². The molecule has 0 aliphatic carbocycles. The number of benzene rings is 1.